The van der Waals surface area contributed by atoms with Crippen molar-refractivity contribution in [1.29, 1.82) is 0 Å². The summed E-state index contributed by atoms with van der Waals surface area (Å²) in [4.78, 5) is 2.28. The van der Waals surface area contributed by atoms with E-state index in [0.29, 0.717) is 24.7 Å². The van der Waals surface area contributed by atoms with Crippen molar-refractivity contribution in [2.75, 3.05) is 18.6 Å². The molecule has 0 bridgehead atoms. The molecule has 128 valence electrons. The number of hydrogen-bond donors (Lipinski definition) is 0. The molecule has 0 saturated heterocycles. The predicted molar refractivity (Wildman–Crippen MR) is 95.9 cm³/mol. The van der Waals surface area contributed by atoms with Crippen LogP contribution in [0.5, 0.6) is 5.75 Å². The number of anilines is 1. The van der Waals surface area contributed by atoms with E-state index in [4.69, 9.17) is 9.15 Å². The first-order valence-electron chi connectivity index (χ1n) is 8.59. The zero-order valence-corrected chi connectivity index (χ0v) is 14.3. The lowest BCUT2D eigenvalue weighted by Gasteiger charge is -2.31. The third-order valence-corrected chi connectivity index (χ3v) is 4.53. The largest absolute Gasteiger partial charge is 0.495 e. The summed E-state index contributed by atoms with van der Waals surface area (Å²) >= 11 is 0. The fourth-order valence-electron chi connectivity index (χ4n) is 3.38. The minimum atomic E-state index is 0.606. The molecule has 2 aromatic carbocycles. The summed E-state index contributed by atoms with van der Waals surface area (Å²) in [6.45, 7) is 1.57. The molecule has 0 saturated carbocycles. The molecule has 25 heavy (non-hydrogen) atoms. The monoisotopic (exact) mass is 335 g/mol. The molecule has 5 nitrogen and oxygen atoms in total. The molecule has 0 N–H and O–H groups in total. The minimum absolute atomic E-state index is 0.606. The van der Waals surface area contributed by atoms with E-state index < -0.39 is 0 Å². The van der Waals surface area contributed by atoms with E-state index in [1.165, 1.54) is 11.1 Å². The van der Waals surface area contributed by atoms with Crippen molar-refractivity contribution in [3.8, 4) is 5.75 Å². The van der Waals surface area contributed by atoms with Crippen molar-refractivity contribution in [2.24, 2.45) is 0 Å². The van der Waals surface area contributed by atoms with E-state index >= 15 is 0 Å². The Morgan fingerprint density at radius 3 is 2.72 bits per heavy atom. The van der Waals surface area contributed by atoms with E-state index in [1.54, 1.807) is 7.11 Å². The van der Waals surface area contributed by atoms with Gasteiger partial charge in [0.25, 0.3) is 0 Å². The average molecular weight is 335 g/mol. The molecule has 1 aliphatic heterocycles. The Balaban J connectivity index is 1.53. The fourth-order valence-corrected chi connectivity index (χ4v) is 3.38. The predicted octanol–water partition coefficient (Wildman–Crippen LogP) is 3.62. The molecule has 1 aromatic heterocycles. The summed E-state index contributed by atoms with van der Waals surface area (Å²) in [7, 11) is 1.72. The number of para-hydroxylation sites is 1. The normalized spacial score (nSPS) is 13.6. The molecule has 4 rings (SSSR count). The molecular weight excluding hydrogens is 314 g/mol. The van der Waals surface area contributed by atoms with Crippen LogP contribution in [0.3, 0.4) is 0 Å². The van der Waals surface area contributed by atoms with Gasteiger partial charge in [0.2, 0.25) is 11.8 Å². The van der Waals surface area contributed by atoms with Gasteiger partial charge in [-0.3, -0.25) is 0 Å². The van der Waals surface area contributed by atoms with Crippen molar-refractivity contribution in [3.05, 3.63) is 71.4 Å². The van der Waals surface area contributed by atoms with Crippen LogP contribution < -0.4 is 9.64 Å². The van der Waals surface area contributed by atoms with Gasteiger partial charge in [0.1, 0.15) is 5.75 Å². The lowest BCUT2D eigenvalue weighted by Crippen LogP contribution is -2.29. The van der Waals surface area contributed by atoms with Crippen LogP contribution in [0.25, 0.3) is 0 Å². The van der Waals surface area contributed by atoms with Crippen LogP contribution in [0.4, 0.5) is 5.69 Å². The maximum absolute atomic E-state index is 5.87. The van der Waals surface area contributed by atoms with Crippen LogP contribution in [0.2, 0.25) is 0 Å². The van der Waals surface area contributed by atoms with Gasteiger partial charge in [-0.05, 0) is 30.0 Å². The third kappa shape index (κ3) is 3.36. The lowest BCUT2D eigenvalue weighted by molar-refractivity contribution is 0.409. The quantitative estimate of drug-likeness (QED) is 0.713. The summed E-state index contributed by atoms with van der Waals surface area (Å²) in [5.41, 5.74) is 3.64. The van der Waals surface area contributed by atoms with Gasteiger partial charge in [0, 0.05) is 6.54 Å². The maximum Gasteiger partial charge on any atom is 0.235 e. The number of aryl methyl sites for hydroxylation is 1. The average Bonchev–Trinajstić information content (AvgIpc) is 3.09. The number of methoxy groups -OCH3 is 1. The van der Waals surface area contributed by atoms with Crippen LogP contribution in [0.15, 0.2) is 52.9 Å². The van der Waals surface area contributed by atoms with Crippen molar-refractivity contribution in [2.45, 2.75) is 25.8 Å². The zero-order chi connectivity index (χ0) is 17.1. The number of hydrogen-bond acceptors (Lipinski definition) is 5. The second kappa shape index (κ2) is 6.97. The van der Waals surface area contributed by atoms with E-state index in [1.807, 2.05) is 30.3 Å². The smallest absolute Gasteiger partial charge is 0.235 e. The lowest BCUT2D eigenvalue weighted by atomic mass is 10.0. The van der Waals surface area contributed by atoms with Gasteiger partial charge in [-0.25, -0.2) is 0 Å². The molecule has 0 spiro atoms. The molecule has 3 aromatic rings. The van der Waals surface area contributed by atoms with Gasteiger partial charge in [-0.2, -0.15) is 0 Å². The highest BCUT2D eigenvalue weighted by molar-refractivity contribution is 5.65. The Kier molecular flexibility index (Phi) is 4.37. The first-order chi connectivity index (χ1) is 12.3. The van der Waals surface area contributed by atoms with Gasteiger partial charge in [-0.15, -0.1) is 10.2 Å². The molecule has 0 unspecified atom stereocenters. The molecule has 0 atom stereocenters. The molecule has 0 amide bonds. The Morgan fingerprint density at radius 1 is 1.04 bits per heavy atom. The second-order valence-corrected chi connectivity index (χ2v) is 6.25. The third-order valence-electron chi connectivity index (χ3n) is 4.53. The Hall–Kier alpha value is -2.82. The Labute approximate surface area is 147 Å². The van der Waals surface area contributed by atoms with Crippen molar-refractivity contribution < 1.29 is 9.15 Å². The minimum Gasteiger partial charge on any atom is -0.495 e. The maximum atomic E-state index is 5.87. The number of fused-ring (bicyclic) bond motifs is 1. The van der Waals surface area contributed by atoms with Crippen molar-refractivity contribution in [3.63, 3.8) is 0 Å². The number of nitrogens with zero attached hydrogens (tertiary/aromatic N) is 3. The fraction of sp³-hybridized carbons (Fsp3) is 0.300. The van der Waals surface area contributed by atoms with Gasteiger partial charge in [0.15, 0.2) is 0 Å². The van der Waals surface area contributed by atoms with E-state index in [2.05, 4.69) is 33.3 Å². The van der Waals surface area contributed by atoms with E-state index in [-0.39, 0.29) is 0 Å². The van der Waals surface area contributed by atoms with Crippen LogP contribution in [0.1, 0.15) is 29.3 Å². The standard InChI is InChI=1S/C20H21N3O2/c1-24-17-11-5-9-16-10-6-12-23(20(16)17)14-19-22-21-18(25-19)13-15-7-3-2-4-8-15/h2-5,7-9,11H,6,10,12-14H2,1H3. The Bertz CT molecular complexity index is 831. The van der Waals surface area contributed by atoms with Gasteiger partial charge in [-0.1, -0.05) is 42.5 Å². The van der Waals surface area contributed by atoms with Crippen LogP contribution in [-0.2, 0) is 19.4 Å². The highest BCUT2D eigenvalue weighted by Gasteiger charge is 2.22. The second-order valence-electron chi connectivity index (χ2n) is 6.25. The zero-order valence-electron chi connectivity index (χ0n) is 14.3. The van der Waals surface area contributed by atoms with Crippen LogP contribution in [-0.4, -0.2) is 23.9 Å². The van der Waals surface area contributed by atoms with Crippen LogP contribution in [0, 0.1) is 0 Å². The topological polar surface area (TPSA) is 51.4 Å². The SMILES string of the molecule is COc1cccc2c1N(Cc1nnc(Cc3ccccc3)o1)CCC2. The summed E-state index contributed by atoms with van der Waals surface area (Å²) in [5.74, 6) is 2.20. The summed E-state index contributed by atoms with van der Waals surface area (Å²) in [5, 5.41) is 8.44. The summed E-state index contributed by atoms with van der Waals surface area (Å²) < 4.78 is 11.4. The van der Waals surface area contributed by atoms with Crippen molar-refractivity contribution >= 4 is 5.69 Å². The summed E-state index contributed by atoms with van der Waals surface area (Å²) in [6.07, 6.45) is 2.85. The number of rotatable bonds is 5. The molecule has 2 heterocycles. The Morgan fingerprint density at radius 2 is 1.88 bits per heavy atom. The summed E-state index contributed by atoms with van der Waals surface area (Å²) in [6, 6.07) is 16.4. The van der Waals surface area contributed by atoms with E-state index in [0.717, 1.165) is 30.8 Å². The number of benzene rings is 2. The van der Waals surface area contributed by atoms with Gasteiger partial charge in [0.05, 0.1) is 25.8 Å². The molecule has 5 heteroatoms. The number of aromatic nitrogens is 2. The highest BCUT2D eigenvalue weighted by Crippen LogP contribution is 2.36. The van der Waals surface area contributed by atoms with Gasteiger partial charge < -0.3 is 14.1 Å². The first kappa shape index (κ1) is 15.7. The first-order valence-corrected chi connectivity index (χ1v) is 8.59. The number of ether oxygens (including phenoxy) is 1. The highest BCUT2D eigenvalue weighted by atomic mass is 16.5. The molecular formula is C20H21N3O2. The van der Waals surface area contributed by atoms with E-state index in [9.17, 15) is 0 Å². The molecule has 0 radical (unpaired) electrons. The van der Waals surface area contributed by atoms with Crippen molar-refractivity contribution in [1.82, 2.24) is 10.2 Å². The van der Waals surface area contributed by atoms with Crippen LogP contribution >= 0.6 is 0 Å². The molecule has 0 aliphatic carbocycles. The molecule has 1 aliphatic rings. The van der Waals surface area contributed by atoms with Gasteiger partial charge >= 0.3 is 0 Å². The molecule has 0 fully saturated rings.